The summed E-state index contributed by atoms with van der Waals surface area (Å²) in [7, 11) is 1.66. The number of nitrogens with zero attached hydrogens (tertiary/aromatic N) is 1. The van der Waals surface area contributed by atoms with E-state index in [4.69, 9.17) is 4.74 Å². The Balaban J connectivity index is 2.57. The number of aliphatic hydroxyl groups excluding tert-OH is 1. The number of ether oxygens (including phenoxy) is 1. The number of aromatic nitrogens is 1. The van der Waals surface area contributed by atoms with Gasteiger partial charge in [0.2, 0.25) is 5.69 Å². The Kier molecular flexibility index (Phi) is 4.36. The quantitative estimate of drug-likeness (QED) is 0.676. The average Bonchev–Trinajstić information content (AvgIpc) is 2.61. The topological polar surface area (TPSA) is 33.3 Å². The van der Waals surface area contributed by atoms with Crippen LogP contribution in [-0.4, -0.2) is 12.2 Å². The SMILES string of the molecule is C=c1cc[n+]2c(c1=C)-c1c(/C(C)=C/C)cc(C)cc1[C@@H](OC)/C2=C\O. The highest BCUT2D eigenvalue weighted by molar-refractivity contribution is 5.84. The number of hydrogen-bond acceptors (Lipinski definition) is 2. The van der Waals surface area contributed by atoms with Crippen LogP contribution in [0.25, 0.3) is 35.7 Å². The lowest BCUT2D eigenvalue weighted by Gasteiger charge is -2.26. The Morgan fingerprint density at radius 2 is 2.04 bits per heavy atom. The second-order valence-electron chi connectivity index (χ2n) is 6.46. The van der Waals surface area contributed by atoms with Gasteiger partial charge in [-0.1, -0.05) is 36.9 Å². The smallest absolute Gasteiger partial charge is 0.255 e. The van der Waals surface area contributed by atoms with Crippen LogP contribution in [0.4, 0.5) is 0 Å². The summed E-state index contributed by atoms with van der Waals surface area (Å²) < 4.78 is 7.72. The molecule has 25 heavy (non-hydrogen) atoms. The molecule has 0 unspecified atom stereocenters. The number of aliphatic hydroxyl groups is 1. The van der Waals surface area contributed by atoms with Gasteiger partial charge in [-0.25, -0.2) is 0 Å². The molecule has 0 fully saturated rings. The molecule has 0 amide bonds. The summed E-state index contributed by atoms with van der Waals surface area (Å²) in [6.45, 7) is 14.6. The summed E-state index contributed by atoms with van der Waals surface area (Å²) in [5.74, 6) is 0. The van der Waals surface area contributed by atoms with Crippen molar-refractivity contribution in [3.63, 3.8) is 0 Å². The molecule has 0 radical (unpaired) electrons. The minimum absolute atomic E-state index is 0.351. The van der Waals surface area contributed by atoms with Crippen LogP contribution >= 0.6 is 0 Å². The Labute approximate surface area is 148 Å². The second kappa shape index (κ2) is 6.34. The number of hydrogen-bond donors (Lipinski definition) is 1. The normalized spacial score (nSPS) is 18.2. The third kappa shape index (κ3) is 2.52. The lowest BCUT2D eigenvalue weighted by molar-refractivity contribution is -0.579. The van der Waals surface area contributed by atoms with Gasteiger partial charge in [-0.2, -0.15) is 4.57 Å². The number of aryl methyl sites for hydroxylation is 1. The first kappa shape index (κ1) is 17.2. The van der Waals surface area contributed by atoms with Crippen LogP contribution in [0.1, 0.15) is 36.6 Å². The molecule has 128 valence electrons. The van der Waals surface area contributed by atoms with E-state index in [1.54, 1.807) is 7.11 Å². The van der Waals surface area contributed by atoms with Crippen LogP contribution in [0, 0.1) is 6.92 Å². The van der Waals surface area contributed by atoms with Gasteiger partial charge in [0.1, 0.15) is 6.26 Å². The van der Waals surface area contributed by atoms with Gasteiger partial charge in [-0.3, -0.25) is 0 Å². The monoisotopic (exact) mass is 334 g/mol. The van der Waals surface area contributed by atoms with Gasteiger partial charge < -0.3 is 9.84 Å². The van der Waals surface area contributed by atoms with E-state index in [0.717, 1.165) is 44.6 Å². The number of methoxy groups -OCH3 is 1. The lowest BCUT2D eigenvalue weighted by Crippen LogP contribution is -2.48. The van der Waals surface area contributed by atoms with E-state index in [1.165, 1.54) is 5.57 Å². The third-order valence-corrected chi connectivity index (χ3v) is 4.94. The van der Waals surface area contributed by atoms with Gasteiger partial charge in [-0.05, 0) is 37.1 Å². The number of fused-ring (bicyclic) bond motifs is 3. The van der Waals surface area contributed by atoms with Crippen molar-refractivity contribution < 1.29 is 14.4 Å². The molecule has 0 bridgehead atoms. The molecule has 3 nitrogen and oxygen atoms in total. The molecule has 2 aromatic rings. The molecular formula is C22H24NO2+. The van der Waals surface area contributed by atoms with Crippen LogP contribution < -0.4 is 15.0 Å². The van der Waals surface area contributed by atoms with Gasteiger partial charge in [0.15, 0.2) is 12.3 Å². The van der Waals surface area contributed by atoms with Crippen molar-refractivity contribution in [1.82, 2.24) is 0 Å². The molecule has 1 aliphatic rings. The van der Waals surface area contributed by atoms with Crippen molar-refractivity contribution in [2.24, 2.45) is 0 Å². The standard InChI is InChI=1S/C22H23NO2/c1-7-14(3)17-10-13(2)11-18-20(17)21-16(5)15(4)8-9-23(21)19(12-24)22(18)25-6/h7-12,22H,4-5H2,1-3,6H3/p+1/b14-7+,19-12+/t22-/m1/s1. The van der Waals surface area contributed by atoms with E-state index in [2.05, 4.69) is 45.2 Å². The maximum absolute atomic E-state index is 9.91. The summed E-state index contributed by atoms with van der Waals surface area (Å²) >= 11 is 0. The zero-order chi connectivity index (χ0) is 18.3. The van der Waals surface area contributed by atoms with Crippen LogP contribution in [0.3, 0.4) is 0 Å². The van der Waals surface area contributed by atoms with E-state index in [1.807, 2.05) is 23.8 Å². The van der Waals surface area contributed by atoms with Gasteiger partial charge in [0, 0.05) is 24.0 Å². The largest absolute Gasteiger partial charge is 0.509 e. The molecule has 3 heteroatoms. The molecule has 1 atom stereocenters. The van der Waals surface area contributed by atoms with Crippen molar-refractivity contribution in [2.75, 3.05) is 7.11 Å². The highest BCUT2D eigenvalue weighted by atomic mass is 16.5. The van der Waals surface area contributed by atoms with Crippen molar-refractivity contribution in [2.45, 2.75) is 26.9 Å². The molecule has 2 heterocycles. The average molecular weight is 334 g/mol. The zero-order valence-corrected chi connectivity index (χ0v) is 15.3. The van der Waals surface area contributed by atoms with Crippen molar-refractivity contribution in [1.29, 1.82) is 0 Å². The Morgan fingerprint density at radius 3 is 2.64 bits per heavy atom. The van der Waals surface area contributed by atoms with Crippen LogP contribution in [0.15, 0.2) is 36.7 Å². The minimum Gasteiger partial charge on any atom is -0.509 e. The van der Waals surface area contributed by atoms with Crippen LogP contribution in [-0.2, 0) is 4.74 Å². The fraction of sp³-hybridized carbons (Fsp3) is 0.227. The molecule has 1 aromatic heterocycles. The molecule has 1 aliphatic heterocycles. The summed E-state index contributed by atoms with van der Waals surface area (Å²) in [6.07, 6.45) is 4.79. The first-order valence-electron chi connectivity index (χ1n) is 8.32. The number of benzene rings is 1. The van der Waals surface area contributed by atoms with Gasteiger partial charge in [0.05, 0.1) is 5.56 Å². The van der Waals surface area contributed by atoms with Crippen LogP contribution in [0.2, 0.25) is 0 Å². The fourth-order valence-corrected chi connectivity index (χ4v) is 3.54. The number of rotatable bonds is 2. The predicted molar refractivity (Wildman–Crippen MR) is 103 cm³/mol. The van der Waals surface area contributed by atoms with E-state index in [-0.39, 0.29) is 6.10 Å². The van der Waals surface area contributed by atoms with Crippen molar-refractivity contribution in [3.8, 4) is 11.3 Å². The van der Waals surface area contributed by atoms with Crippen molar-refractivity contribution >= 4 is 24.4 Å². The van der Waals surface area contributed by atoms with Crippen molar-refractivity contribution in [3.05, 3.63) is 63.9 Å². The van der Waals surface area contributed by atoms with Gasteiger partial charge in [0.25, 0.3) is 5.70 Å². The highest BCUT2D eigenvalue weighted by Crippen LogP contribution is 2.41. The predicted octanol–water partition coefficient (Wildman–Crippen LogP) is 3.25. The number of allylic oxidation sites excluding steroid dienone is 2. The maximum atomic E-state index is 9.91. The van der Waals surface area contributed by atoms with E-state index in [0.29, 0.717) is 5.70 Å². The second-order valence-corrected chi connectivity index (χ2v) is 6.46. The first-order valence-corrected chi connectivity index (χ1v) is 8.32. The van der Waals surface area contributed by atoms with Gasteiger partial charge >= 0.3 is 0 Å². The maximum Gasteiger partial charge on any atom is 0.255 e. The molecule has 0 saturated carbocycles. The minimum atomic E-state index is -0.351. The summed E-state index contributed by atoms with van der Waals surface area (Å²) in [4.78, 5) is 0. The van der Waals surface area contributed by atoms with E-state index in [9.17, 15) is 5.11 Å². The fourth-order valence-electron chi connectivity index (χ4n) is 3.54. The first-order chi connectivity index (χ1) is 11.9. The summed E-state index contributed by atoms with van der Waals surface area (Å²) in [6, 6.07) is 6.22. The summed E-state index contributed by atoms with van der Waals surface area (Å²) in [5.41, 5.74) is 7.24. The Bertz CT molecular complexity index is 1020. The molecule has 0 saturated heterocycles. The molecule has 3 rings (SSSR count). The molecular weight excluding hydrogens is 310 g/mol. The molecule has 1 N–H and O–H groups in total. The Morgan fingerprint density at radius 1 is 1.32 bits per heavy atom. The summed E-state index contributed by atoms with van der Waals surface area (Å²) in [5, 5.41) is 11.6. The van der Waals surface area contributed by atoms with E-state index >= 15 is 0 Å². The molecule has 0 aliphatic carbocycles. The molecule has 0 spiro atoms. The van der Waals surface area contributed by atoms with Gasteiger partial charge in [-0.15, -0.1) is 0 Å². The molecule has 1 aromatic carbocycles. The third-order valence-electron chi connectivity index (χ3n) is 4.94. The highest BCUT2D eigenvalue weighted by Gasteiger charge is 2.39. The van der Waals surface area contributed by atoms with E-state index < -0.39 is 0 Å². The van der Waals surface area contributed by atoms with Crippen LogP contribution in [0.5, 0.6) is 0 Å². The zero-order valence-electron chi connectivity index (χ0n) is 15.3. The number of pyridine rings is 1. The lowest BCUT2D eigenvalue weighted by atomic mass is 9.85. The Hall–Kier alpha value is -2.65.